The van der Waals surface area contributed by atoms with Crippen LogP contribution in [0.15, 0.2) is 34.8 Å². The highest BCUT2D eigenvalue weighted by molar-refractivity contribution is 7.89. The van der Waals surface area contributed by atoms with Gasteiger partial charge in [-0.25, -0.2) is 17.5 Å². The van der Waals surface area contributed by atoms with Crippen molar-refractivity contribution in [1.82, 2.24) is 9.71 Å². The van der Waals surface area contributed by atoms with Crippen molar-refractivity contribution in [2.24, 2.45) is 0 Å². The van der Waals surface area contributed by atoms with Gasteiger partial charge in [-0.1, -0.05) is 11.8 Å². The minimum absolute atomic E-state index is 0.000791. The summed E-state index contributed by atoms with van der Waals surface area (Å²) in [5.41, 5.74) is 1.60. The molecule has 8 heteroatoms. The molecule has 1 aromatic heterocycles. The molecule has 0 saturated heterocycles. The molecule has 0 atom stereocenters. The second kappa shape index (κ2) is 6.78. The van der Waals surface area contributed by atoms with Gasteiger partial charge in [0.2, 0.25) is 10.0 Å². The van der Waals surface area contributed by atoms with E-state index in [-0.39, 0.29) is 17.0 Å². The first-order valence-corrected chi connectivity index (χ1v) is 8.15. The van der Waals surface area contributed by atoms with E-state index in [1.54, 1.807) is 11.7 Å². The average molecular weight is 326 g/mol. The van der Waals surface area contributed by atoms with Gasteiger partial charge in [-0.15, -0.1) is 11.3 Å². The van der Waals surface area contributed by atoms with Gasteiger partial charge in [-0.3, -0.25) is 4.98 Å². The van der Waals surface area contributed by atoms with Crippen molar-refractivity contribution in [2.45, 2.75) is 11.4 Å². The quantitative estimate of drug-likeness (QED) is 0.825. The number of halogens is 1. The summed E-state index contributed by atoms with van der Waals surface area (Å²) < 4.78 is 40.1. The topological polar surface area (TPSA) is 79.3 Å². The third-order valence-corrected chi connectivity index (χ3v) is 4.69. The van der Waals surface area contributed by atoms with Crippen molar-refractivity contribution in [3.63, 3.8) is 0 Å². The largest absolute Gasteiger partial charge is 0.384 e. The Labute approximate surface area is 125 Å². The van der Waals surface area contributed by atoms with Gasteiger partial charge in [-0.05, 0) is 18.2 Å². The van der Waals surface area contributed by atoms with Crippen LogP contribution in [0.25, 0.3) is 0 Å². The van der Waals surface area contributed by atoms with Crippen LogP contribution in [-0.2, 0) is 16.6 Å². The normalized spacial score (nSPS) is 11.0. The number of hydrogen-bond donors (Lipinski definition) is 2. The lowest BCUT2D eigenvalue weighted by atomic mass is 10.2. The molecule has 21 heavy (non-hydrogen) atoms. The Morgan fingerprint density at radius 3 is 2.90 bits per heavy atom. The fourth-order valence-electron chi connectivity index (χ4n) is 1.54. The monoisotopic (exact) mass is 326 g/mol. The molecule has 0 unspecified atom stereocenters. The molecule has 1 heterocycles. The maximum Gasteiger partial charge on any atom is 0.242 e. The summed E-state index contributed by atoms with van der Waals surface area (Å²) in [5.74, 6) is 4.15. The van der Waals surface area contributed by atoms with Gasteiger partial charge < -0.3 is 5.11 Å². The molecular formula is C13H11FN2O3S2. The molecule has 2 rings (SSSR count). The zero-order chi connectivity index (χ0) is 15.3. The zero-order valence-electron chi connectivity index (χ0n) is 10.7. The Bertz CT molecular complexity index is 777. The van der Waals surface area contributed by atoms with Crippen LogP contribution >= 0.6 is 11.3 Å². The highest BCUT2D eigenvalue weighted by Gasteiger charge is 2.18. The van der Waals surface area contributed by atoms with Gasteiger partial charge in [0.1, 0.15) is 12.4 Å². The highest BCUT2D eigenvalue weighted by atomic mass is 32.2. The van der Waals surface area contributed by atoms with Crippen molar-refractivity contribution in [1.29, 1.82) is 0 Å². The van der Waals surface area contributed by atoms with E-state index >= 15 is 0 Å². The van der Waals surface area contributed by atoms with Gasteiger partial charge in [0, 0.05) is 23.2 Å². The molecule has 0 bridgehead atoms. The highest BCUT2D eigenvalue weighted by Crippen LogP contribution is 2.17. The number of benzene rings is 1. The maximum absolute atomic E-state index is 13.2. The first-order chi connectivity index (χ1) is 10.0. The summed E-state index contributed by atoms with van der Waals surface area (Å²) in [4.78, 5) is 4.47. The van der Waals surface area contributed by atoms with Crippen molar-refractivity contribution in [3.05, 3.63) is 46.2 Å². The molecule has 0 amide bonds. The summed E-state index contributed by atoms with van der Waals surface area (Å²) >= 11 is 1.32. The van der Waals surface area contributed by atoms with E-state index < -0.39 is 22.4 Å². The van der Waals surface area contributed by atoms with Gasteiger partial charge in [0.25, 0.3) is 0 Å². The van der Waals surface area contributed by atoms with Crippen LogP contribution in [0.5, 0.6) is 0 Å². The van der Waals surface area contributed by atoms with Crippen molar-refractivity contribution >= 4 is 21.4 Å². The van der Waals surface area contributed by atoms with Gasteiger partial charge in [0.15, 0.2) is 0 Å². The van der Waals surface area contributed by atoms with E-state index in [4.69, 9.17) is 5.11 Å². The lowest BCUT2D eigenvalue weighted by molar-refractivity contribution is 0.350. The number of hydrogen-bond acceptors (Lipinski definition) is 5. The van der Waals surface area contributed by atoms with E-state index in [2.05, 4.69) is 21.5 Å². The predicted molar refractivity (Wildman–Crippen MR) is 76.5 cm³/mol. The molecule has 2 N–H and O–H groups in total. The Morgan fingerprint density at radius 2 is 2.24 bits per heavy atom. The lowest BCUT2D eigenvalue weighted by Crippen LogP contribution is -2.23. The number of aliphatic hydroxyl groups is 1. The Morgan fingerprint density at radius 1 is 1.43 bits per heavy atom. The number of thiazole rings is 1. The minimum atomic E-state index is -3.84. The first-order valence-electron chi connectivity index (χ1n) is 5.79. The van der Waals surface area contributed by atoms with Crippen LogP contribution in [0.1, 0.15) is 10.4 Å². The molecule has 0 aliphatic rings. The Hall–Kier alpha value is -1.79. The van der Waals surface area contributed by atoms with Crippen molar-refractivity contribution in [3.8, 4) is 11.8 Å². The number of nitrogens with one attached hydrogen (secondary N) is 1. The molecule has 0 aliphatic carbocycles. The minimum Gasteiger partial charge on any atom is -0.384 e. The summed E-state index contributed by atoms with van der Waals surface area (Å²) in [7, 11) is -3.84. The van der Waals surface area contributed by atoms with Crippen LogP contribution in [0.2, 0.25) is 0 Å². The SMILES string of the molecule is O=S(=O)(NCc1cncs1)c1ccc(F)cc1C#CCO. The molecule has 0 fully saturated rings. The number of nitrogens with zero attached hydrogens (tertiary/aromatic N) is 1. The van der Waals surface area contributed by atoms with Crippen LogP contribution in [0.3, 0.4) is 0 Å². The van der Waals surface area contributed by atoms with Crippen molar-refractivity contribution in [2.75, 3.05) is 6.61 Å². The fraction of sp³-hybridized carbons (Fsp3) is 0.154. The third kappa shape index (κ3) is 4.09. The summed E-state index contributed by atoms with van der Waals surface area (Å²) in [6.07, 6.45) is 1.56. The summed E-state index contributed by atoms with van der Waals surface area (Å²) in [6, 6.07) is 3.21. The second-order valence-electron chi connectivity index (χ2n) is 3.89. The van der Waals surface area contributed by atoms with E-state index in [1.807, 2.05) is 0 Å². The molecule has 0 saturated carbocycles. The van der Waals surface area contributed by atoms with Crippen LogP contribution in [0, 0.1) is 17.7 Å². The summed E-state index contributed by atoms with van der Waals surface area (Å²) in [6.45, 7) is -0.346. The second-order valence-corrected chi connectivity index (χ2v) is 6.60. The number of sulfonamides is 1. The molecule has 1 aromatic carbocycles. The first kappa shape index (κ1) is 15.6. The number of aromatic nitrogens is 1. The standard InChI is InChI=1S/C13H11FN2O3S2/c14-11-3-4-13(10(6-11)2-1-5-17)21(18,19)16-8-12-7-15-9-20-12/h3-4,6-7,9,16-17H,5,8H2. The van der Waals surface area contributed by atoms with Crippen LogP contribution in [-0.4, -0.2) is 25.1 Å². The molecule has 2 aromatic rings. The van der Waals surface area contributed by atoms with Gasteiger partial charge in [-0.2, -0.15) is 0 Å². The molecule has 0 radical (unpaired) electrons. The summed E-state index contributed by atoms with van der Waals surface area (Å²) in [5, 5.41) is 8.68. The predicted octanol–water partition coefficient (Wildman–Crippen LogP) is 1.10. The van der Waals surface area contributed by atoms with Gasteiger partial charge >= 0.3 is 0 Å². The molecular weight excluding hydrogens is 315 g/mol. The number of aliphatic hydroxyl groups excluding tert-OH is 1. The fourth-order valence-corrected chi connectivity index (χ4v) is 3.32. The number of rotatable bonds is 4. The third-order valence-electron chi connectivity index (χ3n) is 2.45. The van der Waals surface area contributed by atoms with Gasteiger partial charge in [0.05, 0.1) is 10.4 Å². The molecule has 5 nitrogen and oxygen atoms in total. The zero-order valence-corrected chi connectivity index (χ0v) is 12.3. The molecule has 0 aliphatic heterocycles. The molecule has 110 valence electrons. The smallest absolute Gasteiger partial charge is 0.242 e. The van der Waals surface area contributed by atoms with E-state index in [9.17, 15) is 12.8 Å². The Kier molecular flexibility index (Phi) is 5.03. The van der Waals surface area contributed by atoms with Crippen LogP contribution < -0.4 is 4.72 Å². The van der Waals surface area contributed by atoms with Crippen LogP contribution in [0.4, 0.5) is 4.39 Å². The maximum atomic E-state index is 13.2. The van der Waals surface area contributed by atoms with E-state index in [0.29, 0.717) is 0 Å². The molecule has 0 spiro atoms. The average Bonchev–Trinajstić information content (AvgIpc) is 2.96. The van der Waals surface area contributed by atoms with Crippen molar-refractivity contribution < 1.29 is 17.9 Å². The Balaban J connectivity index is 2.30. The lowest BCUT2D eigenvalue weighted by Gasteiger charge is -2.07. The van der Waals surface area contributed by atoms with E-state index in [0.717, 1.165) is 23.1 Å². The van der Waals surface area contributed by atoms with E-state index in [1.165, 1.54) is 11.3 Å².